The van der Waals surface area contributed by atoms with E-state index in [9.17, 15) is 9.18 Å². The molecule has 1 N–H and O–H groups in total. The number of hydrogen-bond donors (Lipinski definition) is 1. The Hall–Kier alpha value is -2.28. The summed E-state index contributed by atoms with van der Waals surface area (Å²) in [6.45, 7) is 7.76. The van der Waals surface area contributed by atoms with E-state index >= 15 is 0 Å². The lowest BCUT2D eigenvalue weighted by Crippen LogP contribution is -2.47. The van der Waals surface area contributed by atoms with Gasteiger partial charge in [-0.1, -0.05) is 12.1 Å². The number of likely N-dealkylation sites (tertiary alicyclic amines) is 1. The highest BCUT2D eigenvalue weighted by Gasteiger charge is 2.36. The smallest absolute Gasteiger partial charge is 0.232 e. The Labute approximate surface area is 158 Å². The normalized spacial score (nSPS) is 18.4. The number of fused-ring (bicyclic) bond motifs is 1. The molecule has 1 aromatic heterocycles. The summed E-state index contributed by atoms with van der Waals surface area (Å²) in [6, 6.07) is 6.35. The molecular weight excluding hydrogens is 345 g/mol. The highest BCUT2D eigenvalue weighted by molar-refractivity contribution is 5.87. The van der Waals surface area contributed by atoms with Crippen molar-refractivity contribution in [3.8, 4) is 0 Å². The second-order valence-corrected chi connectivity index (χ2v) is 8.00. The van der Waals surface area contributed by atoms with Crippen LogP contribution < -0.4 is 5.32 Å². The number of rotatable bonds is 3. The van der Waals surface area contributed by atoms with Crippen LogP contribution in [0.5, 0.6) is 0 Å². The molecule has 27 heavy (non-hydrogen) atoms. The number of halogens is 1. The van der Waals surface area contributed by atoms with Crippen LogP contribution >= 0.6 is 0 Å². The molecule has 2 aliphatic heterocycles. The standard InChI is InChI=1S/C20H26FN5O/c1-20(2,15-4-3-5-16(21)12-15)19(27)25-9-6-14(7-10-25)18-24-23-17-13-22-8-11-26(17)18/h3-5,12,14,22H,6-11,13H2,1-2H3. The minimum atomic E-state index is -0.741. The van der Waals surface area contributed by atoms with E-state index < -0.39 is 5.41 Å². The third-order valence-electron chi connectivity index (χ3n) is 5.88. The molecule has 0 radical (unpaired) electrons. The zero-order valence-electron chi connectivity index (χ0n) is 15.9. The van der Waals surface area contributed by atoms with Crippen molar-refractivity contribution in [3.63, 3.8) is 0 Å². The topological polar surface area (TPSA) is 63.1 Å². The predicted octanol–water partition coefficient (Wildman–Crippen LogP) is 2.20. The van der Waals surface area contributed by atoms with Gasteiger partial charge in [0.05, 0.1) is 12.0 Å². The first-order valence-electron chi connectivity index (χ1n) is 9.65. The van der Waals surface area contributed by atoms with Gasteiger partial charge in [0.2, 0.25) is 5.91 Å². The van der Waals surface area contributed by atoms with E-state index in [1.54, 1.807) is 6.07 Å². The summed E-state index contributed by atoms with van der Waals surface area (Å²) in [6.07, 6.45) is 1.77. The van der Waals surface area contributed by atoms with Gasteiger partial charge in [-0.2, -0.15) is 0 Å². The molecule has 6 nitrogen and oxygen atoms in total. The first kappa shape index (κ1) is 18.1. The Morgan fingerprint density at radius 3 is 2.74 bits per heavy atom. The fraction of sp³-hybridized carbons (Fsp3) is 0.550. The van der Waals surface area contributed by atoms with Gasteiger partial charge < -0.3 is 14.8 Å². The SMILES string of the molecule is CC(C)(C(=O)N1CCC(c2nnc3n2CCNC3)CC1)c1cccc(F)c1. The number of amides is 1. The number of nitrogens with one attached hydrogen (secondary N) is 1. The zero-order valence-corrected chi connectivity index (χ0v) is 15.9. The largest absolute Gasteiger partial charge is 0.342 e. The van der Waals surface area contributed by atoms with Crippen LogP contribution in [0.2, 0.25) is 0 Å². The predicted molar refractivity (Wildman–Crippen MR) is 99.7 cm³/mol. The number of carbonyl (C=O) groups excluding carboxylic acids is 1. The van der Waals surface area contributed by atoms with Crippen LogP contribution in [-0.2, 0) is 23.3 Å². The van der Waals surface area contributed by atoms with Crippen LogP contribution in [0.4, 0.5) is 4.39 Å². The molecule has 2 aliphatic rings. The van der Waals surface area contributed by atoms with Crippen molar-refractivity contribution in [1.82, 2.24) is 25.0 Å². The average Bonchev–Trinajstić information content (AvgIpc) is 3.12. The van der Waals surface area contributed by atoms with Crippen molar-refractivity contribution in [1.29, 1.82) is 0 Å². The molecule has 3 heterocycles. The van der Waals surface area contributed by atoms with E-state index in [1.165, 1.54) is 12.1 Å². The molecule has 1 aromatic carbocycles. The van der Waals surface area contributed by atoms with Crippen molar-refractivity contribution in [2.24, 2.45) is 0 Å². The summed E-state index contributed by atoms with van der Waals surface area (Å²) in [5.74, 6) is 2.15. The molecule has 0 saturated carbocycles. The molecule has 0 spiro atoms. The summed E-state index contributed by atoms with van der Waals surface area (Å²) in [5.41, 5.74) is -0.0251. The zero-order chi connectivity index (χ0) is 19.0. The summed E-state index contributed by atoms with van der Waals surface area (Å²) in [7, 11) is 0. The van der Waals surface area contributed by atoms with Crippen LogP contribution in [0.1, 0.15) is 49.8 Å². The van der Waals surface area contributed by atoms with Crippen LogP contribution in [0.15, 0.2) is 24.3 Å². The molecule has 4 rings (SSSR count). The highest BCUT2D eigenvalue weighted by Crippen LogP contribution is 2.32. The van der Waals surface area contributed by atoms with Crippen LogP contribution in [0, 0.1) is 5.82 Å². The fourth-order valence-electron chi connectivity index (χ4n) is 4.15. The maximum atomic E-state index is 13.6. The first-order valence-corrected chi connectivity index (χ1v) is 9.65. The number of hydrogen-bond acceptors (Lipinski definition) is 4. The number of nitrogens with zero attached hydrogens (tertiary/aromatic N) is 4. The van der Waals surface area contributed by atoms with Gasteiger partial charge in [-0.05, 0) is 44.4 Å². The van der Waals surface area contributed by atoms with Gasteiger partial charge in [-0.3, -0.25) is 4.79 Å². The van der Waals surface area contributed by atoms with Crippen molar-refractivity contribution in [3.05, 3.63) is 47.3 Å². The maximum absolute atomic E-state index is 13.6. The Bertz CT molecular complexity index is 839. The van der Waals surface area contributed by atoms with Gasteiger partial charge in [0.25, 0.3) is 0 Å². The lowest BCUT2D eigenvalue weighted by atomic mass is 9.82. The first-order chi connectivity index (χ1) is 13.0. The monoisotopic (exact) mass is 371 g/mol. The van der Waals surface area contributed by atoms with E-state index in [-0.39, 0.29) is 11.7 Å². The summed E-state index contributed by atoms with van der Waals surface area (Å²) in [5, 5.41) is 12.0. The Morgan fingerprint density at radius 2 is 2.00 bits per heavy atom. The van der Waals surface area contributed by atoms with Crippen LogP contribution in [-0.4, -0.2) is 45.2 Å². The second-order valence-electron chi connectivity index (χ2n) is 8.00. The number of carbonyl (C=O) groups is 1. The van der Waals surface area contributed by atoms with Crippen molar-refractivity contribution < 1.29 is 9.18 Å². The van der Waals surface area contributed by atoms with E-state index in [0.717, 1.165) is 44.1 Å². The van der Waals surface area contributed by atoms with E-state index in [4.69, 9.17) is 0 Å². The molecule has 0 unspecified atom stereocenters. The van der Waals surface area contributed by atoms with Gasteiger partial charge in [0.1, 0.15) is 17.5 Å². The lowest BCUT2D eigenvalue weighted by Gasteiger charge is -2.37. The Morgan fingerprint density at radius 1 is 1.22 bits per heavy atom. The summed E-state index contributed by atoms with van der Waals surface area (Å²) in [4.78, 5) is 15.0. The molecule has 2 aromatic rings. The van der Waals surface area contributed by atoms with Crippen molar-refractivity contribution in [2.75, 3.05) is 19.6 Å². The summed E-state index contributed by atoms with van der Waals surface area (Å²) >= 11 is 0. The van der Waals surface area contributed by atoms with E-state index in [2.05, 4.69) is 20.1 Å². The van der Waals surface area contributed by atoms with Gasteiger partial charge in [-0.15, -0.1) is 10.2 Å². The third-order valence-corrected chi connectivity index (χ3v) is 5.88. The molecule has 0 aliphatic carbocycles. The highest BCUT2D eigenvalue weighted by atomic mass is 19.1. The second kappa shape index (κ2) is 7.03. The molecule has 144 valence electrons. The van der Waals surface area contributed by atoms with Gasteiger partial charge >= 0.3 is 0 Å². The minimum Gasteiger partial charge on any atom is -0.342 e. The Balaban J connectivity index is 1.44. The van der Waals surface area contributed by atoms with E-state index in [1.807, 2.05) is 24.8 Å². The number of benzene rings is 1. The van der Waals surface area contributed by atoms with Crippen LogP contribution in [0.25, 0.3) is 0 Å². The molecule has 0 atom stereocenters. The molecular formula is C20H26FN5O. The van der Waals surface area contributed by atoms with Gasteiger partial charge in [0.15, 0.2) is 0 Å². The third kappa shape index (κ3) is 3.36. The minimum absolute atomic E-state index is 0.0547. The Kier molecular flexibility index (Phi) is 4.72. The molecule has 1 saturated heterocycles. The van der Waals surface area contributed by atoms with E-state index in [0.29, 0.717) is 24.6 Å². The number of piperidine rings is 1. The average molecular weight is 371 g/mol. The van der Waals surface area contributed by atoms with Crippen molar-refractivity contribution >= 4 is 5.91 Å². The molecule has 1 fully saturated rings. The summed E-state index contributed by atoms with van der Waals surface area (Å²) < 4.78 is 15.8. The molecule has 7 heteroatoms. The van der Waals surface area contributed by atoms with Gasteiger partial charge in [-0.25, -0.2) is 4.39 Å². The fourth-order valence-corrected chi connectivity index (χ4v) is 4.15. The molecule has 0 bridgehead atoms. The van der Waals surface area contributed by atoms with Crippen molar-refractivity contribution in [2.45, 2.75) is 51.1 Å². The quantitative estimate of drug-likeness (QED) is 0.899. The molecule has 1 amide bonds. The number of aromatic nitrogens is 3. The maximum Gasteiger partial charge on any atom is 0.232 e. The van der Waals surface area contributed by atoms with Gasteiger partial charge in [0, 0.05) is 32.1 Å². The van der Waals surface area contributed by atoms with Crippen LogP contribution in [0.3, 0.4) is 0 Å². The lowest BCUT2D eigenvalue weighted by molar-refractivity contribution is -0.137.